The molecule has 1 heterocycles. The Labute approximate surface area is 137 Å². The minimum absolute atomic E-state index is 0.169. The maximum Gasteiger partial charge on any atom is 0.326 e. The lowest BCUT2D eigenvalue weighted by molar-refractivity contribution is -0.147. The van der Waals surface area contributed by atoms with E-state index in [0.717, 1.165) is 4.90 Å². The molecule has 1 N–H and O–H groups in total. The Balaban J connectivity index is 2.31. The fourth-order valence-electron chi connectivity index (χ4n) is 2.25. The average molecular weight is 345 g/mol. The monoisotopic (exact) mass is 344 g/mol. The number of nitrogens with zero attached hydrogens (tertiary/aromatic N) is 1. The van der Waals surface area contributed by atoms with Gasteiger partial charge in [-0.1, -0.05) is 29.3 Å². The summed E-state index contributed by atoms with van der Waals surface area (Å²) < 4.78 is 4.76. The summed E-state index contributed by atoms with van der Waals surface area (Å²) in [5.41, 5.74) is -0.950. The highest BCUT2D eigenvalue weighted by molar-refractivity contribution is 6.35. The number of halogens is 2. The predicted octanol–water partition coefficient (Wildman–Crippen LogP) is 2.32. The topological polar surface area (TPSA) is 75.7 Å². The molecule has 8 heteroatoms. The molecule has 1 saturated heterocycles. The lowest BCUT2D eigenvalue weighted by Gasteiger charge is -2.23. The van der Waals surface area contributed by atoms with Crippen LogP contribution in [-0.4, -0.2) is 36.0 Å². The number of hydrogen-bond donors (Lipinski definition) is 1. The van der Waals surface area contributed by atoms with E-state index < -0.39 is 30.0 Å². The van der Waals surface area contributed by atoms with E-state index in [1.165, 1.54) is 13.0 Å². The molecule has 0 bridgehead atoms. The first-order valence-electron chi connectivity index (χ1n) is 6.55. The van der Waals surface area contributed by atoms with Crippen LogP contribution in [0.5, 0.6) is 0 Å². The highest BCUT2D eigenvalue weighted by Crippen LogP contribution is 2.34. The number of urea groups is 1. The number of ether oxygens (including phenoxy) is 1. The van der Waals surface area contributed by atoms with Crippen molar-refractivity contribution in [2.75, 3.05) is 13.2 Å². The molecule has 1 aromatic carbocycles. The van der Waals surface area contributed by atoms with Crippen LogP contribution in [0.4, 0.5) is 4.79 Å². The number of carbonyl (C=O) groups excluding carboxylic acids is 3. The second-order valence-electron chi connectivity index (χ2n) is 4.88. The van der Waals surface area contributed by atoms with Gasteiger partial charge in [0.1, 0.15) is 12.1 Å². The molecule has 1 aliphatic heterocycles. The van der Waals surface area contributed by atoms with Crippen molar-refractivity contribution in [3.05, 3.63) is 33.8 Å². The molecule has 1 fully saturated rings. The van der Waals surface area contributed by atoms with E-state index in [1.54, 1.807) is 19.1 Å². The Hall–Kier alpha value is -1.79. The molecule has 6 nitrogen and oxygen atoms in total. The minimum atomic E-state index is -1.36. The normalized spacial score (nSPS) is 21.0. The van der Waals surface area contributed by atoms with E-state index in [0.29, 0.717) is 10.6 Å². The quantitative estimate of drug-likeness (QED) is 0.671. The van der Waals surface area contributed by atoms with E-state index in [2.05, 4.69) is 5.32 Å². The number of esters is 1. The van der Waals surface area contributed by atoms with Crippen molar-refractivity contribution in [2.24, 2.45) is 0 Å². The summed E-state index contributed by atoms with van der Waals surface area (Å²) >= 11 is 12.0. The zero-order valence-corrected chi connectivity index (χ0v) is 13.5. The number of hydrogen-bond acceptors (Lipinski definition) is 4. The summed E-state index contributed by atoms with van der Waals surface area (Å²) in [4.78, 5) is 36.9. The highest BCUT2D eigenvalue weighted by atomic mass is 35.5. The van der Waals surface area contributed by atoms with Crippen molar-refractivity contribution in [3.8, 4) is 0 Å². The maximum atomic E-state index is 12.6. The van der Waals surface area contributed by atoms with E-state index in [1.807, 2.05) is 0 Å². The Morgan fingerprint density at radius 1 is 1.36 bits per heavy atom. The van der Waals surface area contributed by atoms with Crippen LogP contribution in [0.2, 0.25) is 10.0 Å². The van der Waals surface area contributed by atoms with Crippen LogP contribution in [0.25, 0.3) is 0 Å². The number of carbonyl (C=O) groups is 3. The van der Waals surface area contributed by atoms with Crippen LogP contribution in [-0.2, 0) is 19.9 Å². The molecule has 1 atom stereocenters. The molecule has 0 aliphatic carbocycles. The van der Waals surface area contributed by atoms with Gasteiger partial charge in [0.25, 0.3) is 5.91 Å². The second-order valence-corrected chi connectivity index (χ2v) is 5.72. The summed E-state index contributed by atoms with van der Waals surface area (Å²) in [6, 6.07) is 3.95. The third kappa shape index (κ3) is 2.89. The third-order valence-corrected chi connectivity index (χ3v) is 3.89. The molecule has 0 radical (unpaired) electrons. The van der Waals surface area contributed by atoms with Crippen molar-refractivity contribution in [3.63, 3.8) is 0 Å². The number of nitrogens with one attached hydrogen (secondary N) is 1. The van der Waals surface area contributed by atoms with Gasteiger partial charge in [-0.3, -0.25) is 14.5 Å². The lowest BCUT2D eigenvalue weighted by atomic mass is 9.92. The number of imide groups is 1. The van der Waals surface area contributed by atoms with Crippen LogP contribution < -0.4 is 5.32 Å². The summed E-state index contributed by atoms with van der Waals surface area (Å²) in [5.74, 6) is -1.23. The summed E-state index contributed by atoms with van der Waals surface area (Å²) in [6.07, 6.45) is 0. The second kappa shape index (κ2) is 6.14. The van der Waals surface area contributed by atoms with Gasteiger partial charge in [-0.2, -0.15) is 0 Å². The van der Waals surface area contributed by atoms with Crippen LogP contribution in [0.15, 0.2) is 18.2 Å². The van der Waals surface area contributed by atoms with Crippen molar-refractivity contribution >= 4 is 41.1 Å². The molecule has 1 aliphatic rings. The van der Waals surface area contributed by atoms with Gasteiger partial charge in [0.05, 0.1) is 6.61 Å². The van der Waals surface area contributed by atoms with Gasteiger partial charge in [0.2, 0.25) is 0 Å². The molecule has 2 rings (SSSR count). The Morgan fingerprint density at radius 3 is 2.64 bits per heavy atom. The Kier molecular flexibility index (Phi) is 4.63. The molecule has 1 aromatic rings. The van der Waals surface area contributed by atoms with Gasteiger partial charge in [-0.15, -0.1) is 0 Å². The van der Waals surface area contributed by atoms with Gasteiger partial charge in [0.15, 0.2) is 0 Å². The smallest absolute Gasteiger partial charge is 0.326 e. The zero-order chi connectivity index (χ0) is 16.5. The minimum Gasteiger partial charge on any atom is -0.465 e. The van der Waals surface area contributed by atoms with Crippen LogP contribution in [0, 0.1) is 0 Å². The van der Waals surface area contributed by atoms with Crippen molar-refractivity contribution in [1.29, 1.82) is 0 Å². The van der Waals surface area contributed by atoms with Gasteiger partial charge in [0, 0.05) is 15.6 Å². The molecular weight excluding hydrogens is 331 g/mol. The van der Waals surface area contributed by atoms with Gasteiger partial charge in [-0.25, -0.2) is 4.79 Å². The molecule has 0 spiro atoms. The van der Waals surface area contributed by atoms with Crippen LogP contribution in [0.3, 0.4) is 0 Å². The highest BCUT2D eigenvalue weighted by Gasteiger charge is 2.50. The number of benzene rings is 1. The molecule has 118 valence electrons. The van der Waals surface area contributed by atoms with Gasteiger partial charge < -0.3 is 10.1 Å². The van der Waals surface area contributed by atoms with E-state index in [4.69, 9.17) is 27.9 Å². The summed E-state index contributed by atoms with van der Waals surface area (Å²) in [6.45, 7) is 2.89. The van der Waals surface area contributed by atoms with Crippen LogP contribution in [0.1, 0.15) is 19.4 Å². The third-order valence-electron chi connectivity index (χ3n) is 3.34. The van der Waals surface area contributed by atoms with E-state index >= 15 is 0 Å². The van der Waals surface area contributed by atoms with Crippen molar-refractivity contribution in [1.82, 2.24) is 10.2 Å². The first-order chi connectivity index (χ1) is 10.3. The summed E-state index contributed by atoms with van der Waals surface area (Å²) in [5, 5.41) is 3.22. The maximum absolute atomic E-state index is 12.6. The molecule has 3 amide bonds. The number of rotatable bonds is 4. The standard InChI is InChI=1S/C14H14Cl2N2O4/c1-3-22-11(19)7-18-12(20)14(2,17-13(18)21)9-5-4-8(15)6-10(9)16/h4-6H,3,7H2,1-2H3,(H,17,21)/t14-/m1/s1. The molecule has 22 heavy (non-hydrogen) atoms. The van der Waals surface area contributed by atoms with Gasteiger partial charge in [-0.05, 0) is 26.0 Å². The number of amides is 3. The van der Waals surface area contributed by atoms with E-state index in [9.17, 15) is 14.4 Å². The largest absolute Gasteiger partial charge is 0.465 e. The average Bonchev–Trinajstić information content (AvgIpc) is 2.63. The Bertz CT molecular complexity index is 650. The first kappa shape index (κ1) is 16.6. The predicted molar refractivity (Wildman–Crippen MR) is 80.7 cm³/mol. The Morgan fingerprint density at radius 2 is 2.05 bits per heavy atom. The fraction of sp³-hybridized carbons (Fsp3) is 0.357. The van der Waals surface area contributed by atoms with E-state index in [-0.39, 0.29) is 11.6 Å². The van der Waals surface area contributed by atoms with Crippen LogP contribution >= 0.6 is 23.2 Å². The van der Waals surface area contributed by atoms with Crippen molar-refractivity contribution in [2.45, 2.75) is 19.4 Å². The fourth-order valence-corrected chi connectivity index (χ4v) is 2.85. The SMILES string of the molecule is CCOC(=O)CN1C(=O)N[C@](C)(c2ccc(Cl)cc2Cl)C1=O. The zero-order valence-electron chi connectivity index (χ0n) is 12.0. The molecular formula is C14H14Cl2N2O4. The van der Waals surface area contributed by atoms with Gasteiger partial charge >= 0.3 is 12.0 Å². The molecule has 0 saturated carbocycles. The molecule has 0 aromatic heterocycles. The first-order valence-corrected chi connectivity index (χ1v) is 7.30. The van der Waals surface area contributed by atoms with Crippen molar-refractivity contribution < 1.29 is 19.1 Å². The lowest BCUT2D eigenvalue weighted by Crippen LogP contribution is -2.42. The molecule has 0 unspecified atom stereocenters. The summed E-state index contributed by atoms with van der Waals surface area (Å²) in [7, 11) is 0.